The SMILES string of the molecule is Cc1cc(NC(=O)c2ccnc3ccccc23)ccc1O. The molecule has 2 aromatic carbocycles. The topological polar surface area (TPSA) is 62.2 Å². The van der Waals surface area contributed by atoms with Crippen molar-refractivity contribution >= 4 is 22.5 Å². The molecule has 0 fully saturated rings. The largest absolute Gasteiger partial charge is 0.508 e. The van der Waals surface area contributed by atoms with Crippen molar-refractivity contribution in [2.75, 3.05) is 5.32 Å². The molecular formula is C17H14N2O2. The molecule has 3 aromatic rings. The summed E-state index contributed by atoms with van der Waals surface area (Å²) in [7, 11) is 0. The van der Waals surface area contributed by atoms with Gasteiger partial charge in [0.05, 0.1) is 11.1 Å². The molecule has 0 saturated heterocycles. The van der Waals surface area contributed by atoms with Gasteiger partial charge in [0.2, 0.25) is 0 Å². The second kappa shape index (κ2) is 5.25. The van der Waals surface area contributed by atoms with E-state index in [0.717, 1.165) is 10.9 Å². The van der Waals surface area contributed by atoms with Crippen LogP contribution in [-0.4, -0.2) is 16.0 Å². The number of phenolic OH excluding ortho intramolecular Hbond substituents is 1. The first kappa shape index (κ1) is 13.1. The maximum absolute atomic E-state index is 12.4. The first-order chi connectivity index (χ1) is 10.1. The van der Waals surface area contributed by atoms with Crippen LogP contribution in [0.15, 0.2) is 54.7 Å². The average Bonchev–Trinajstić information content (AvgIpc) is 2.50. The van der Waals surface area contributed by atoms with Crippen LogP contribution in [0.3, 0.4) is 0 Å². The van der Waals surface area contributed by atoms with Gasteiger partial charge in [-0.2, -0.15) is 0 Å². The quantitative estimate of drug-likeness (QED) is 0.705. The van der Waals surface area contributed by atoms with E-state index in [9.17, 15) is 9.90 Å². The fraction of sp³-hybridized carbons (Fsp3) is 0.0588. The Bertz CT molecular complexity index is 823. The Labute approximate surface area is 122 Å². The number of aryl methyl sites for hydroxylation is 1. The number of aromatic hydroxyl groups is 1. The van der Waals surface area contributed by atoms with Crippen molar-refractivity contribution in [3.63, 3.8) is 0 Å². The van der Waals surface area contributed by atoms with E-state index in [4.69, 9.17) is 0 Å². The molecule has 3 rings (SSSR count). The Balaban J connectivity index is 1.95. The molecule has 21 heavy (non-hydrogen) atoms. The van der Waals surface area contributed by atoms with Crippen LogP contribution < -0.4 is 5.32 Å². The van der Waals surface area contributed by atoms with Crippen LogP contribution >= 0.6 is 0 Å². The van der Waals surface area contributed by atoms with Crippen molar-refractivity contribution < 1.29 is 9.90 Å². The highest BCUT2D eigenvalue weighted by Crippen LogP contribution is 2.22. The summed E-state index contributed by atoms with van der Waals surface area (Å²) < 4.78 is 0. The van der Waals surface area contributed by atoms with Crippen LogP contribution in [0.1, 0.15) is 15.9 Å². The fourth-order valence-corrected chi connectivity index (χ4v) is 2.23. The molecule has 104 valence electrons. The summed E-state index contributed by atoms with van der Waals surface area (Å²) in [6.07, 6.45) is 1.62. The smallest absolute Gasteiger partial charge is 0.256 e. The molecule has 0 radical (unpaired) electrons. The zero-order valence-electron chi connectivity index (χ0n) is 11.5. The van der Waals surface area contributed by atoms with Gasteiger partial charge in [-0.1, -0.05) is 18.2 Å². The molecule has 0 atom stereocenters. The lowest BCUT2D eigenvalue weighted by Gasteiger charge is -2.09. The molecule has 0 aliphatic rings. The standard InChI is InChI=1S/C17H14N2O2/c1-11-10-12(6-7-16(11)20)19-17(21)14-8-9-18-15-5-3-2-4-13(14)15/h2-10,20H,1H3,(H,19,21). The lowest BCUT2D eigenvalue weighted by atomic mass is 10.1. The second-order valence-corrected chi connectivity index (χ2v) is 4.83. The molecule has 0 bridgehead atoms. The Morgan fingerprint density at radius 1 is 1.14 bits per heavy atom. The van der Waals surface area contributed by atoms with Gasteiger partial charge in [0.15, 0.2) is 0 Å². The third-order valence-corrected chi connectivity index (χ3v) is 3.35. The summed E-state index contributed by atoms with van der Waals surface area (Å²) >= 11 is 0. The number of fused-ring (bicyclic) bond motifs is 1. The molecule has 0 spiro atoms. The van der Waals surface area contributed by atoms with E-state index in [2.05, 4.69) is 10.3 Å². The maximum Gasteiger partial charge on any atom is 0.256 e. The molecule has 2 N–H and O–H groups in total. The van der Waals surface area contributed by atoms with E-state index in [1.54, 1.807) is 37.4 Å². The van der Waals surface area contributed by atoms with Gasteiger partial charge in [0.1, 0.15) is 5.75 Å². The highest BCUT2D eigenvalue weighted by molar-refractivity contribution is 6.12. The second-order valence-electron chi connectivity index (χ2n) is 4.83. The van der Waals surface area contributed by atoms with Gasteiger partial charge in [-0.05, 0) is 42.8 Å². The number of pyridine rings is 1. The summed E-state index contributed by atoms with van der Waals surface area (Å²) in [4.78, 5) is 16.7. The molecule has 1 amide bonds. The van der Waals surface area contributed by atoms with Crippen molar-refractivity contribution in [1.82, 2.24) is 4.98 Å². The van der Waals surface area contributed by atoms with Gasteiger partial charge in [-0.3, -0.25) is 9.78 Å². The zero-order chi connectivity index (χ0) is 14.8. The van der Waals surface area contributed by atoms with Crippen LogP contribution in [0.4, 0.5) is 5.69 Å². The third-order valence-electron chi connectivity index (χ3n) is 3.35. The number of nitrogens with zero attached hydrogens (tertiary/aromatic N) is 1. The van der Waals surface area contributed by atoms with Gasteiger partial charge < -0.3 is 10.4 Å². The van der Waals surface area contributed by atoms with E-state index in [0.29, 0.717) is 16.8 Å². The number of rotatable bonds is 2. The zero-order valence-corrected chi connectivity index (χ0v) is 11.5. The maximum atomic E-state index is 12.4. The first-order valence-electron chi connectivity index (χ1n) is 6.60. The number of para-hydroxylation sites is 1. The third kappa shape index (κ3) is 2.56. The van der Waals surface area contributed by atoms with Gasteiger partial charge >= 0.3 is 0 Å². The highest BCUT2D eigenvalue weighted by atomic mass is 16.3. The fourth-order valence-electron chi connectivity index (χ4n) is 2.23. The van der Waals surface area contributed by atoms with Gasteiger partial charge in [0.25, 0.3) is 5.91 Å². The predicted octanol–water partition coefficient (Wildman–Crippen LogP) is 3.50. The van der Waals surface area contributed by atoms with E-state index in [1.807, 2.05) is 24.3 Å². The lowest BCUT2D eigenvalue weighted by molar-refractivity contribution is 0.102. The number of nitrogens with one attached hydrogen (secondary N) is 1. The molecule has 0 saturated carbocycles. The Hall–Kier alpha value is -2.88. The van der Waals surface area contributed by atoms with E-state index in [-0.39, 0.29) is 11.7 Å². The molecule has 4 heteroatoms. The van der Waals surface area contributed by atoms with Crippen LogP contribution in [0.2, 0.25) is 0 Å². The number of amides is 1. The normalized spacial score (nSPS) is 10.5. The Morgan fingerprint density at radius 2 is 1.95 bits per heavy atom. The molecule has 0 unspecified atom stereocenters. The van der Waals surface area contributed by atoms with Crippen LogP contribution in [0, 0.1) is 6.92 Å². The number of anilines is 1. The molecule has 0 aliphatic heterocycles. The number of carbonyl (C=O) groups is 1. The van der Waals surface area contributed by atoms with E-state index in [1.165, 1.54) is 0 Å². The summed E-state index contributed by atoms with van der Waals surface area (Å²) in [5.41, 5.74) is 2.72. The molecule has 1 heterocycles. The van der Waals surface area contributed by atoms with Crippen molar-refractivity contribution in [1.29, 1.82) is 0 Å². The van der Waals surface area contributed by atoms with Crippen LogP contribution in [0.25, 0.3) is 10.9 Å². The number of carbonyl (C=O) groups excluding carboxylic acids is 1. The summed E-state index contributed by atoms with van der Waals surface area (Å²) in [5, 5.41) is 13.2. The van der Waals surface area contributed by atoms with Crippen molar-refractivity contribution in [2.24, 2.45) is 0 Å². The van der Waals surface area contributed by atoms with Crippen molar-refractivity contribution in [2.45, 2.75) is 6.92 Å². The van der Waals surface area contributed by atoms with Gasteiger partial charge in [-0.25, -0.2) is 0 Å². The van der Waals surface area contributed by atoms with Crippen LogP contribution in [0.5, 0.6) is 5.75 Å². The summed E-state index contributed by atoms with van der Waals surface area (Å²) in [5.74, 6) is 0.0149. The Kier molecular flexibility index (Phi) is 3.28. The monoisotopic (exact) mass is 278 g/mol. The summed E-state index contributed by atoms with van der Waals surface area (Å²) in [6.45, 7) is 1.78. The van der Waals surface area contributed by atoms with Crippen LogP contribution in [-0.2, 0) is 0 Å². The molecule has 4 nitrogen and oxygen atoms in total. The first-order valence-corrected chi connectivity index (χ1v) is 6.60. The highest BCUT2D eigenvalue weighted by Gasteiger charge is 2.11. The molecular weight excluding hydrogens is 264 g/mol. The number of phenols is 1. The van der Waals surface area contributed by atoms with Crippen molar-refractivity contribution in [3.05, 3.63) is 65.9 Å². The minimum atomic E-state index is -0.196. The Morgan fingerprint density at radius 3 is 2.76 bits per heavy atom. The molecule has 0 aliphatic carbocycles. The number of benzene rings is 2. The molecule has 1 aromatic heterocycles. The lowest BCUT2D eigenvalue weighted by Crippen LogP contribution is -2.12. The van der Waals surface area contributed by atoms with E-state index >= 15 is 0 Å². The van der Waals surface area contributed by atoms with Gasteiger partial charge in [-0.15, -0.1) is 0 Å². The van der Waals surface area contributed by atoms with E-state index < -0.39 is 0 Å². The van der Waals surface area contributed by atoms with Gasteiger partial charge in [0, 0.05) is 17.3 Å². The minimum absolute atomic E-state index is 0.196. The predicted molar refractivity (Wildman–Crippen MR) is 82.5 cm³/mol. The minimum Gasteiger partial charge on any atom is -0.508 e. The van der Waals surface area contributed by atoms with Crippen molar-refractivity contribution in [3.8, 4) is 5.75 Å². The number of hydrogen-bond donors (Lipinski definition) is 2. The number of hydrogen-bond acceptors (Lipinski definition) is 3. The summed E-state index contributed by atoms with van der Waals surface area (Å²) in [6, 6.07) is 14.2. The number of aromatic nitrogens is 1. The average molecular weight is 278 g/mol.